The van der Waals surface area contributed by atoms with Gasteiger partial charge < -0.3 is 9.84 Å². The standard InChI is InChI=1S/C21H17N5O5S/c1-31-15-7-3-5-13(9-15)20(28)24-25-10-17(27)18(19(25)22)21-23-16(11-32-21)12-4-2-6-14(8-12)26(29)30/h2-9,11,22,27H,10H2,1H3,(H,24,28). The van der Waals surface area contributed by atoms with Crippen molar-refractivity contribution in [3.63, 3.8) is 0 Å². The molecule has 0 saturated heterocycles. The lowest BCUT2D eigenvalue weighted by atomic mass is 10.1. The lowest BCUT2D eigenvalue weighted by Crippen LogP contribution is -2.43. The minimum Gasteiger partial charge on any atom is -0.509 e. The van der Waals surface area contributed by atoms with E-state index in [1.54, 1.807) is 41.8 Å². The fourth-order valence-electron chi connectivity index (χ4n) is 3.15. The number of methoxy groups -OCH3 is 1. The summed E-state index contributed by atoms with van der Waals surface area (Å²) in [6, 6.07) is 12.6. The van der Waals surface area contributed by atoms with Gasteiger partial charge in [-0.1, -0.05) is 18.2 Å². The fourth-order valence-corrected chi connectivity index (χ4v) is 4.05. The van der Waals surface area contributed by atoms with Gasteiger partial charge >= 0.3 is 0 Å². The van der Waals surface area contributed by atoms with Crippen LogP contribution in [-0.4, -0.2) is 45.4 Å². The molecule has 1 amide bonds. The number of amides is 1. The number of carbonyl (C=O) groups excluding carboxylic acids is 1. The number of nitro benzene ring substituents is 1. The minimum atomic E-state index is -0.485. The maximum Gasteiger partial charge on any atom is 0.270 e. The van der Waals surface area contributed by atoms with Gasteiger partial charge in [0.15, 0.2) is 5.84 Å². The maximum atomic E-state index is 12.6. The third-order valence-corrected chi connectivity index (χ3v) is 5.60. The summed E-state index contributed by atoms with van der Waals surface area (Å²) in [5.74, 6) is -0.161. The van der Waals surface area contributed by atoms with Gasteiger partial charge in [0, 0.05) is 28.6 Å². The van der Waals surface area contributed by atoms with Crippen LogP contribution >= 0.6 is 11.3 Å². The number of amidine groups is 1. The number of carbonyl (C=O) groups is 1. The highest BCUT2D eigenvalue weighted by atomic mass is 32.1. The van der Waals surface area contributed by atoms with Crippen molar-refractivity contribution in [3.8, 4) is 17.0 Å². The molecule has 0 atom stereocenters. The van der Waals surface area contributed by atoms with Crippen molar-refractivity contribution < 1.29 is 19.6 Å². The molecule has 10 nitrogen and oxygen atoms in total. The first-order valence-corrected chi connectivity index (χ1v) is 10.2. The third kappa shape index (κ3) is 4.01. The number of hydrogen-bond donors (Lipinski definition) is 3. The topological polar surface area (TPSA) is 142 Å². The number of nitrogens with zero attached hydrogens (tertiary/aromatic N) is 3. The van der Waals surface area contributed by atoms with Crippen molar-refractivity contribution in [2.75, 3.05) is 13.7 Å². The number of hydrogen-bond acceptors (Lipinski definition) is 8. The van der Waals surface area contributed by atoms with Crippen molar-refractivity contribution in [1.82, 2.24) is 15.4 Å². The number of benzene rings is 2. The van der Waals surface area contributed by atoms with Gasteiger partial charge in [-0.2, -0.15) is 0 Å². The molecule has 0 spiro atoms. The smallest absolute Gasteiger partial charge is 0.270 e. The molecule has 1 aliphatic heterocycles. The Bertz CT molecular complexity index is 1270. The average Bonchev–Trinajstić information content (AvgIpc) is 3.38. The van der Waals surface area contributed by atoms with Crippen LogP contribution in [0.4, 0.5) is 5.69 Å². The average molecular weight is 451 g/mol. The zero-order chi connectivity index (χ0) is 22.8. The number of ether oxygens (including phenoxy) is 1. The highest BCUT2D eigenvalue weighted by Crippen LogP contribution is 2.32. The van der Waals surface area contributed by atoms with E-state index in [1.807, 2.05) is 0 Å². The predicted octanol–water partition coefficient (Wildman–Crippen LogP) is 3.63. The van der Waals surface area contributed by atoms with Crippen LogP contribution in [0.15, 0.2) is 59.7 Å². The molecule has 11 heteroatoms. The van der Waals surface area contributed by atoms with E-state index in [4.69, 9.17) is 10.1 Å². The van der Waals surface area contributed by atoms with E-state index in [1.165, 1.54) is 35.6 Å². The molecule has 3 aromatic rings. The van der Waals surface area contributed by atoms with Gasteiger partial charge in [-0.15, -0.1) is 11.3 Å². The number of hydrazine groups is 1. The number of nitro groups is 1. The zero-order valence-electron chi connectivity index (χ0n) is 16.7. The van der Waals surface area contributed by atoms with Crippen molar-refractivity contribution >= 4 is 34.3 Å². The van der Waals surface area contributed by atoms with E-state index in [9.17, 15) is 20.0 Å². The maximum absolute atomic E-state index is 12.6. The Balaban J connectivity index is 1.53. The van der Waals surface area contributed by atoms with Crippen LogP contribution in [0, 0.1) is 15.5 Å². The van der Waals surface area contributed by atoms with E-state index in [-0.39, 0.29) is 29.4 Å². The van der Waals surface area contributed by atoms with Crippen LogP contribution in [0.3, 0.4) is 0 Å². The molecule has 2 heterocycles. The lowest BCUT2D eigenvalue weighted by Gasteiger charge is -2.19. The first-order valence-electron chi connectivity index (χ1n) is 9.31. The second-order valence-corrected chi connectivity index (χ2v) is 7.63. The summed E-state index contributed by atoms with van der Waals surface area (Å²) in [4.78, 5) is 27.5. The van der Waals surface area contributed by atoms with Gasteiger partial charge in [0.1, 0.15) is 16.5 Å². The van der Waals surface area contributed by atoms with Crippen LogP contribution in [-0.2, 0) is 0 Å². The van der Waals surface area contributed by atoms with Crippen molar-refractivity contribution in [2.24, 2.45) is 0 Å². The summed E-state index contributed by atoms with van der Waals surface area (Å²) in [6.07, 6.45) is 0. The molecular weight excluding hydrogens is 434 g/mol. The molecule has 1 aliphatic rings. The van der Waals surface area contributed by atoms with E-state index >= 15 is 0 Å². The zero-order valence-corrected chi connectivity index (χ0v) is 17.5. The Labute approximate surface area is 186 Å². The van der Waals surface area contributed by atoms with Crippen LogP contribution in [0.2, 0.25) is 0 Å². The van der Waals surface area contributed by atoms with Crippen LogP contribution in [0.25, 0.3) is 16.8 Å². The van der Waals surface area contributed by atoms with Gasteiger partial charge in [-0.25, -0.2) is 4.98 Å². The quantitative estimate of drug-likeness (QED) is 0.384. The molecule has 0 fully saturated rings. The summed E-state index contributed by atoms with van der Waals surface area (Å²) in [5, 5.41) is 33.2. The highest BCUT2D eigenvalue weighted by Gasteiger charge is 2.31. The van der Waals surface area contributed by atoms with Gasteiger partial charge in [0.2, 0.25) is 0 Å². The Hall–Kier alpha value is -4.25. The van der Waals surface area contributed by atoms with Gasteiger partial charge in [-0.3, -0.25) is 30.8 Å². The first kappa shape index (κ1) is 21.0. The van der Waals surface area contributed by atoms with Crippen molar-refractivity contribution in [1.29, 1.82) is 5.41 Å². The molecule has 1 aromatic heterocycles. The molecule has 0 unspecified atom stereocenters. The van der Waals surface area contributed by atoms with E-state index in [0.717, 1.165) is 0 Å². The Morgan fingerprint density at radius 2 is 2.09 bits per heavy atom. The third-order valence-electron chi connectivity index (χ3n) is 4.74. The number of nitrogens with one attached hydrogen (secondary N) is 2. The van der Waals surface area contributed by atoms with E-state index < -0.39 is 10.8 Å². The summed E-state index contributed by atoms with van der Waals surface area (Å²) in [6.45, 7) is -0.0877. The van der Waals surface area contributed by atoms with Gasteiger partial charge in [0.05, 0.1) is 29.8 Å². The number of aromatic nitrogens is 1. The molecule has 2 aromatic carbocycles. The molecule has 0 radical (unpaired) electrons. The van der Waals surface area contributed by atoms with E-state index in [0.29, 0.717) is 27.6 Å². The van der Waals surface area contributed by atoms with Gasteiger partial charge in [-0.05, 0) is 18.2 Å². The van der Waals surface area contributed by atoms with Crippen LogP contribution in [0.1, 0.15) is 15.4 Å². The largest absolute Gasteiger partial charge is 0.509 e. The number of aliphatic hydroxyl groups is 1. The second kappa shape index (κ2) is 8.47. The molecule has 4 rings (SSSR count). The number of rotatable bonds is 6. The molecule has 0 bridgehead atoms. The Kier molecular flexibility index (Phi) is 5.56. The molecule has 0 aliphatic carbocycles. The van der Waals surface area contributed by atoms with Crippen molar-refractivity contribution in [3.05, 3.63) is 80.4 Å². The molecule has 3 N–H and O–H groups in total. The summed E-state index contributed by atoms with van der Waals surface area (Å²) in [5.41, 5.74) is 4.11. The van der Waals surface area contributed by atoms with E-state index in [2.05, 4.69) is 10.4 Å². The highest BCUT2D eigenvalue weighted by molar-refractivity contribution is 7.11. The Morgan fingerprint density at radius 3 is 2.84 bits per heavy atom. The lowest BCUT2D eigenvalue weighted by molar-refractivity contribution is -0.384. The van der Waals surface area contributed by atoms with Crippen LogP contribution < -0.4 is 10.2 Å². The first-order chi connectivity index (χ1) is 15.4. The molecule has 0 saturated carbocycles. The normalized spacial score (nSPS) is 13.4. The number of aliphatic hydroxyl groups excluding tert-OH is 1. The minimum absolute atomic E-state index is 0.0563. The van der Waals surface area contributed by atoms with Crippen molar-refractivity contribution in [2.45, 2.75) is 0 Å². The second-order valence-electron chi connectivity index (χ2n) is 6.77. The fraction of sp³-hybridized carbons (Fsp3) is 0.0952. The Morgan fingerprint density at radius 1 is 1.31 bits per heavy atom. The monoisotopic (exact) mass is 451 g/mol. The summed E-state index contributed by atoms with van der Waals surface area (Å²) < 4.78 is 5.12. The molecular formula is C21H17N5O5S. The van der Waals surface area contributed by atoms with Gasteiger partial charge in [0.25, 0.3) is 11.6 Å². The molecule has 162 valence electrons. The predicted molar refractivity (Wildman–Crippen MR) is 119 cm³/mol. The van der Waals surface area contributed by atoms with Crippen LogP contribution in [0.5, 0.6) is 5.75 Å². The number of non-ortho nitro benzene ring substituents is 1. The SMILES string of the molecule is COc1cccc(C(=O)NN2CC(O)=C(c3nc(-c4cccc([N+](=O)[O-])c4)cs3)C2=N)c1. The molecule has 32 heavy (non-hydrogen) atoms. The summed E-state index contributed by atoms with van der Waals surface area (Å²) >= 11 is 1.19. The number of thiazole rings is 1. The summed E-state index contributed by atoms with van der Waals surface area (Å²) in [7, 11) is 1.50.